The normalized spacial score (nSPS) is 13.2. The summed E-state index contributed by atoms with van der Waals surface area (Å²) in [5.74, 6) is -3.09. The predicted molar refractivity (Wildman–Crippen MR) is 86.9 cm³/mol. The van der Waals surface area contributed by atoms with Crippen molar-refractivity contribution in [3.8, 4) is 0 Å². The van der Waals surface area contributed by atoms with Gasteiger partial charge in [0.15, 0.2) is 0 Å². The van der Waals surface area contributed by atoms with Crippen molar-refractivity contribution >= 4 is 17.7 Å². The molecule has 8 heteroatoms. The average molecular weight is 344 g/mol. The van der Waals surface area contributed by atoms with Gasteiger partial charge in [-0.3, -0.25) is 0 Å². The van der Waals surface area contributed by atoms with E-state index in [0.717, 1.165) is 18.6 Å². The van der Waals surface area contributed by atoms with Crippen LogP contribution in [0.3, 0.4) is 0 Å². The molecule has 0 saturated heterocycles. The van der Waals surface area contributed by atoms with E-state index < -0.39 is 18.0 Å². The molecule has 0 amide bonds. The summed E-state index contributed by atoms with van der Waals surface area (Å²) in [6.07, 6.45) is 2.26. The molecule has 0 aromatic carbocycles. The third-order valence-corrected chi connectivity index (χ3v) is 2.32. The highest BCUT2D eigenvalue weighted by atomic mass is 16.6. The standard InChI is InChI=1S/C12H26N2O2.C4H4O4/c1-6-7-10(2)14-16-9-11(15)8-13-12(3,4)5;5-3(6)1-2-4(7)8/h11,13,15H,6-9H2,1-5H3;1-2H,(H,5,6)(H,7,8)/p-2/b14-10-;2-1-. The number of hydrogen-bond acceptors (Lipinski definition) is 8. The number of aliphatic hydroxyl groups excluding tert-OH is 1. The summed E-state index contributed by atoms with van der Waals surface area (Å²) in [6.45, 7) is 11.0. The minimum absolute atomic E-state index is 0.0162. The van der Waals surface area contributed by atoms with Crippen LogP contribution in [0.4, 0.5) is 0 Å². The van der Waals surface area contributed by atoms with Gasteiger partial charge in [-0.2, -0.15) is 0 Å². The number of carbonyl (C=O) groups is 2. The Hall–Kier alpha value is -1.93. The van der Waals surface area contributed by atoms with Crippen molar-refractivity contribution in [3.05, 3.63) is 12.2 Å². The van der Waals surface area contributed by atoms with E-state index in [1.807, 2.05) is 6.92 Å². The number of hydrogen-bond donors (Lipinski definition) is 2. The molecule has 0 aliphatic carbocycles. The van der Waals surface area contributed by atoms with Crippen LogP contribution in [-0.4, -0.2) is 47.6 Å². The molecule has 0 spiro atoms. The lowest BCUT2D eigenvalue weighted by atomic mass is 10.1. The second-order valence-electron chi connectivity index (χ2n) is 6.13. The van der Waals surface area contributed by atoms with E-state index in [9.17, 15) is 24.9 Å². The Balaban J connectivity index is 0. The Labute approximate surface area is 143 Å². The molecular formula is C16H28N2O6-2. The maximum Gasteiger partial charge on any atom is 0.144 e. The second kappa shape index (κ2) is 13.5. The smallest absolute Gasteiger partial charge is 0.144 e. The van der Waals surface area contributed by atoms with Crippen LogP contribution in [-0.2, 0) is 14.4 Å². The molecule has 0 rings (SSSR count). The number of oxime groups is 1. The molecule has 140 valence electrons. The van der Waals surface area contributed by atoms with Gasteiger partial charge in [0, 0.05) is 12.1 Å². The van der Waals surface area contributed by atoms with Gasteiger partial charge in [0.2, 0.25) is 0 Å². The van der Waals surface area contributed by atoms with E-state index in [0.29, 0.717) is 18.7 Å². The molecule has 0 saturated carbocycles. The highest BCUT2D eigenvalue weighted by Gasteiger charge is 2.12. The third-order valence-electron chi connectivity index (χ3n) is 2.32. The van der Waals surface area contributed by atoms with Crippen molar-refractivity contribution in [3.63, 3.8) is 0 Å². The SMILES string of the molecule is CCC/C(C)=N\OCC(O)CNC(C)(C)C.O=C([O-])/C=C\C(=O)[O-]. The van der Waals surface area contributed by atoms with Gasteiger partial charge in [0.25, 0.3) is 0 Å². The molecule has 0 aromatic rings. The first-order chi connectivity index (χ1) is 11.0. The van der Waals surface area contributed by atoms with E-state index in [4.69, 9.17) is 4.84 Å². The molecule has 0 aromatic heterocycles. The van der Waals surface area contributed by atoms with Crippen molar-refractivity contribution in [1.29, 1.82) is 0 Å². The van der Waals surface area contributed by atoms with E-state index >= 15 is 0 Å². The lowest BCUT2D eigenvalue weighted by molar-refractivity contribution is -0.301. The number of aliphatic hydroxyl groups is 1. The van der Waals surface area contributed by atoms with E-state index in [1.54, 1.807) is 0 Å². The number of carboxylic acids is 2. The van der Waals surface area contributed by atoms with Crippen LogP contribution < -0.4 is 15.5 Å². The molecule has 2 N–H and O–H groups in total. The average Bonchev–Trinajstić information content (AvgIpc) is 2.43. The lowest BCUT2D eigenvalue weighted by Gasteiger charge is -2.22. The Morgan fingerprint density at radius 1 is 1.25 bits per heavy atom. The monoisotopic (exact) mass is 344 g/mol. The van der Waals surface area contributed by atoms with Crippen LogP contribution in [0.5, 0.6) is 0 Å². The Bertz CT molecular complexity index is 411. The van der Waals surface area contributed by atoms with Crippen molar-refractivity contribution in [2.45, 2.75) is 59.1 Å². The highest BCUT2D eigenvalue weighted by Crippen LogP contribution is 1.99. The van der Waals surface area contributed by atoms with Crippen LogP contribution in [0.1, 0.15) is 47.5 Å². The molecule has 1 unspecified atom stereocenters. The second-order valence-corrected chi connectivity index (χ2v) is 6.13. The van der Waals surface area contributed by atoms with Crippen LogP contribution in [0.2, 0.25) is 0 Å². The van der Waals surface area contributed by atoms with Crippen molar-refractivity contribution in [2.75, 3.05) is 13.2 Å². The molecule has 0 radical (unpaired) electrons. The minimum Gasteiger partial charge on any atom is -0.545 e. The van der Waals surface area contributed by atoms with E-state index in [2.05, 4.69) is 38.2 Å². The number of carbonyl (C=O) groups excluding carboxylic acids is 2. The Morgan fingerprint density at radius 3 is 2.12 bits per heavy atom. The van der Waals surface area contributed by atoms with Gasteiger partial charge in [0.1, 0.15) is 12.7 Å². The fourth-order valence-electron chi connectivity index (χ4n) is 1.26. The molecular weight excluding hydrogens is 316 g/mol. The van der Waals surface area contributed by atoms with Crippen LogP contribution in [0, 0.1) is 0 Å². The zero-order chi connectivity index (χ0) is 19.2. The van der Waals surface area contributed by atoms with Gasteiger partial charge >= 0.3 is 0 Å². The topological polar surface area (TPSA) is 134 Å². The molecule has 24 heavy (non-hydrogen) atoms. The lowest BCUT2D eigenvalue weighted by Crippen LogP contribution is -2.42. The molecule has 0 fully saturated rings. The number of aliphatic carboxylic acids is 2. The van der Waals surface area contributed by atoms with Crippen LogP contribution in [0.15, 0.2) is 17.3 Å². The van der Waals surface area contributed by atoms with Crippen LogP contribution in [0.25, 0.3) is 0 Å². The molecule has 0 heterocycles. The highest BCUT2D eigenvalue weighted by molar-refractivity contribution is 5.87. The maximum absolute atomic E-state index is 9.60. The largest absolute Gasteiger partial charge is 0.545 e. The first kappa shape index (κ1) is 24.3. The number of nitrogens with one attached hydrogen (secondary N) is 1. The molecule has 0 bridgehead atoms. The van der Waals surface area contributed by atoms with Crippen molar-refractivity contribution in [2.24, 2.45) is 5.16 Å². The predicted octanol–water partition coefficient (Wildman–Crippen LogP) is -1.03. The first-order valence-corrected chi connectivity index (χ1v) is 7.66. The summed E-state index contributed by atoms with van der Waals surface area (Å²) in [5.41, 5.74) is 0.987. The van der Waals surface area contributed by atoms with E-state index in [1.165, 1.54) is 0 Å². The summed E-state index contributed by atoms with van der Waals surface area (Å²) in [7, 11) is 0. The molecule has 1 atom stereocenters. The fourth-order valence-corrected chi connectivity index (χ4v) is 1.26. The van der Waals surface area contributed by atoms with Crippen LogP contribution >= 0.6 is 0 Å². The van der Waals surface area contributed by atoms with Gasteiger partial charge in [-0.15, -0.1) is 0 Å². The summed E-state index contributed by atoms with van der Waals surface area (Å²) < 4.78 is 0. The summed E-state index contributed by atoms with van der Waals surface area (Å²) in [5, 5.41) is 35.6. The quantitative estimate of drug-likeness (QED) is 0.310. The van der Waals surface area contributed by atoms with Gasteiger partial charge in [-0.05, 0) is 46.3 Å². The Morgan fingerprint density at radius 2 is 1.75 bits per heavy atom. The summed E-state index contributed by atoms with van der Waals surface area (Å²) in [6, 6.07) is 0. The maximum atomic E-state index is 9.60. The van der Waals surface area contributed by atoms with E-state index in [-0.39, 0.29) is 12.1 Å². The molecule has 8 nitrogen and oxygen atoms in total. The number of nitrogens with zero attached hydrogens (tertiary/aromatic N) is 1. The van der Waals surface area contributed by atoms with Gasteiger partial charge in [0.05, 0.1) is 17.7 Å². The zero-order valence-electron chi connectivity index (χ0n) is 15.0. The molecule has 0 aliphatic rings. The zero-order valence-corrected chi connectivity index (χ0v) is 15.0. The summed E-state index contributed by atoms with van der Waals surface area (Å²) in [4.78, 5) is 23.9. The minimum atomic E-state index is -1.55. The van der Waals surface area contributed by atoms with Crippen molar-refractivity contribution < 1.29 is 29.7 Å². The van der Waals surface area contributed by atoms with Crippen molar-refractivity contribution in [1.82, 2.24) is 5.32 Å². The number of β-amino-alcohol motifs (C(OH)–C–C–N with tert-alkyl or cyclic N) is 1. The Kier molecular flexibility index (Phi) is 13.7. The first-order valence-electron chi connectivity index (χ1n) is 7.66. The summed E-state index contributed by atoms with van der Waals surface area (Å²) >= 11 is 0. The number of rotatable bonds is 9. The van der Waals surface area contributed by atoms with Gasteiger partial charge < -0.3 is 35.1 Å². The third kappa shape index (κ3) is 22.4. The van der Waals surface area contributed by atoms with Gasteiger partial charge in [-0.1, -0.05) is 18.5 Å². The fraction of sp³-hybridized carbons (Fsp3) is 0.688. The number of carboxylic acid groups (broad SMARTS) is 2. The molecule has 0 aliphatic heterocycles. The van der Waals surface area contributed by atoms with Gasteiger partial charge in [-0.25, -0.2) is 0 Å².